The lowest BCUT2D eigenvalue weighted by Gasteiger charge is -2.33. The van der Waals surface area contributed by atoms with Crippen LogP contribution in [0.2, 0.25) is 5.02 Å². The van der Waals surface area contributed by atoms with Crippen molar-refractivity contribution in [2.75, 3.05) is 10.6 Å². The number of hydrogen-bond donors (Lipinski definition) is 2. The van der Waals surface area contributed by atoms with Crippen LogP contribution in [0.4, 0.5) is 16.2 Å². The Morgan fingerprint density at radius 3 is 2.67 bits per heavy atom. The fourth-order valence-corrected chi connectivity index (χ4v) is 4.36. The molecule has 1 saturated carbocycles. The van der Waals surface area contributed by atoms with Gasteiger partial charge in [-0.05, 0) is 50.3 Å². The molecule has 0 aromatic heterocycles. The number of carbonyl (C=O) groups excluding carboxylic acids is 2. The fraction of sp³-hybridized carbons (Fsp3) is 0.556. The quantitative estimate of drug-likeness (QED) is 0.826. The van der Waals surface area contributed by atoms with E-state index in [9.17, 15) is 9.59 Å². The maximum atomic E-state index is 12.8. The molecular weight excluding hydrogens is 326 g/mol. The molecule has 5 nitrogen and oxygen atoms in total. The minimum atomic E-state index is -0.155. The van der Waals surface area contributed by atoms with Crippen LogP contribution in [0.1, 0.15) is 46.0 Å². The number of nitrogens with one attached hydrogen (secondary N) is 2. The number of amides is 3. The monoisotopic (exact) mass is 349 g/mol. The molecule has 6 heteroatoms. The smallest absolute Gasteiger partial charge is 0.322 e. The van der Waals surface area contributed by atoms with Crippen molar-refractivity contribution in [3.63, 3.8) is 0 Å². The van der Waals surface area contributed by atoms with E-state index in [2.05, 4.69) is 17.6 Å². The molecule has 3 amide bonds. The van der Waals surface area contributed by atoms with E-state index in [1.807, 2.05) is 4.90 Å². The maximum absolute atomic E-state index is 12.8. The van der Waals surface area contributed by atoms with E-state index in [0.29, 0.717) is 28.4 Å². The van der Waals surface area contributed by atoms with Gasteiger partial charge in [0.2, 0.25) is 5.91 Å². The zero-order valence-electron chi connectivity index (χ0n) is 14.1. The van der Waals surface area contributed by atoms with Gasteiger partial charge < -0.3 is 15.5 Å². The first-order valence-electron chi connectivity index (χ1n) is 8.62. The largest absolute Gasteiger partial charge is 0.326 e. The molecule has 3 rings (SSSR count). The number of benzene rings is 1. The minimum Gasteiger partial charge on any atom is -0.326 e. The summed E-state index contributed by atoms with van der Waals surface area (Å²) in [6, 6.07) is 5.65. The predicted molar refractivity (Wildman–Crippen MR) is 96.4 cm³/mol. The van der Waals surface area contributed by atoms with E-state index in [-0.39, 0.29) is 18.0 Å². The number of rotatable bonds is 2. The zero-order chi connectivity index (χ0) is 17.3. The molecule has 0 radical (unpaired) electrons. The van der Waals surface area contributed by atoms with Crippen molar-refractivity contribution in [3.05, 3.63) is 23.2 Å². The average molecular weight is 350 g/mol. The number of likely N-dealkylation sites (tertiary alicyclic amines) is 1. The van der Waals surface area contributed by atoms with Gasteiger partial charge in [0.05, 0.1) is 10.7 Å². The van der Waals surface area contributed by atoms with Crippen molar-refractivity contribution in [2.45, 2.75) is 58.0 Å². The van der Waals surface area contributed by atoms with Crippen LogP contribution in [0.5, 0.6) is 0 Å². The van der Waals surface area contributed by atoms with Gasteiger partial charge in [0, 0.05) is 24.7 Å². The molecule has 130 valence electrons. The lowest BCUT2D eigenvalue weighted by molar-refractivity contribution is -0.114. The minimum absolute atomic E-state index is 0.0777. The summed E-state index contributed by atoms with van der Waals surface area (Å²) in [5.41, 5.74) is 1.19. The van der Waals surface area contributed by atoms with Crippen molar-refractivity contribution in [3.8, 4) is 0 Å². The number of urea groups is 1. The third-order valence-corrected chi connectivity index (χ3v) is 5.42. The van der Waals surface area contributed by atoms with Gasteiger partial charge in [-0.15, -0.1) is 0 Å². The molecule has 1 aliphatic heterocycles. The second kappa shape index (κ2) is 7.01. The number of nitrogens with zero attached hydrogens (tertiary/aromatic N) is 1. The van der Waals surface area contributed by atoms with E-state index < -0.39 is 0 Å². The highest BCUT2D eigenvalue weighted by Gasteiger charge is 2.42. The van der Waals surface area contributed by atoms with Crippen LogP contribution in [0.3, 0.4) is 0 Å². The number of halogens is 1. The summed E-state index contributed by atoms with van der Waals surface area (Å²) in [6.45, 7) is 3.57. The Kier molecular flexibility index (Phi) is 4.99. The van der Waals surface area contributed by atoms with Gasteiger partial charge in [0.25, 0.3) is 0 Å². The lowest BCUT2D eigenvalue weighted by Crippen LogP contribution is -2.44. The van der Waals surface area contributed by atoms with E-state index in [4.69, 9.17) is 11.6 Å². The van der Waals surface area contributed by atoms with Gasteiger partial charge in [-0.25, -0.2) is 4.79 Å². The number of anilines is 2. The van der Waals surface area contributed by atoms with Gasteiger partial charge in [-0.3, -0.25) is 4.79 Å². The van der Waals surface area contributed by atoms with Crippen molar-refractivity contribution in [1.29, 1.82) is 0 Å². The zero-order valence-corrected chi connectivity index (χ0v) is 14.9. The first kappa shape index (κ1) is 17.1. The summed E-state index contributed by atoms with van der Waals surface area (Å²) < 4.78 is 0. The van der Waals surface area contributed by atoms with Gasteiger partial charge in [0.1, 0.15) is 0 Å². The number of carbonyl (C=O) groups is 2. The molecule has 0 bridgehead atoms. The van der Waals surface area contributed by atoms with Crippen molar-refractivity contribution >= 4 is 34.9 Å². The van der Waals surface area contributed by atoms with E-state index >= 15 is 0 Å². The molecule has 1 heterocycles. The van der Waals surface area contributed by atoms with Crippen LogP contribution >= 0.6 is 11.6 Å². The summed E-state index contributed by atoms with van der Waals surface area (Å²) in [5.74, 6) is 0.481. The first-order chi connectivity index (χ1) is 11.5. The highest BCUT2D eigenvalue weighted by Crippen LogP contribution is 2.40. The van der Waals surface area contributed by atoms with Gasteiger partial charge in [0.15, 0.2) is 0 Å². The van der Waals surface area contributed by atoms with Crippen LogP contribution < -0.4 is 10.6 Å². The SMILES string of the molecule is CC(=O)Nc1ccc(NC(=O)N2[C@@H](C)C[C@H]3CCCC[C@@H]32)c(Cl)c1. The molecule has 2 aliphatic rings. The maximum Gasteiger partial charge on any atom is 0.322 e. The predicted octanol–water partition coefficient (Wildman–Crippen LogP) is 4.48. The van der Waals surface area contributed by atoms with Crippen LogP contribution in [-0.2, 0) is 4.79 Å². The Hall–Kier alpha value is -1.75. The van der Waals surface area contributed by atoms with Crippen LogP contribution in [-0.4, -0.2) is 28.9 Å². The van der Waals surface area contributed by atoms with Crippen LogP contribution in [0.25, 0.3) is 0 Å². The summed E-state index contributed by atoms with van der Waals surface area (Å²) >= 11 is 6.25. The molecule has 1 aliphatic carbocycles. The Balaban J connectivity index is 1.71. The molecule has 2 N–H and O–H groups in total. The molecule has 3 atom stereocenters. The highest BCUT2D eigenvalue weighted by atomic mass is 35.5. The van der Waals surface area contributed by atoms with Crippen molar-refractivity contribution in [1.82, 2.24) is 4.90 Å². The summed E-state index contributed by atoms with van der Waals surface area (Å²) in [6.07, 6.45) is 5.89. The summed E-state index contributed by atoms with van der Waals surface area (Å²) in [7, 11) is 0. The molecule has 2 fully saturated rings. The first-order valence-corrected chi connectivity index (χ1v) is 9.00. The van der Waals surface area contributed by atoms with Crippen LogP contribution in [0.15, 0.2) is 18.2 Å². The van der Waals surface area contributed by atoms with E-state index in [1.54, 1.807) is 18.2 Å². The number of hydrogen-bond acceptors (Lipinski definition) is 2. The second-order valence-electron chi connectivity index (χ2n) is 6.91. The molecule has 1 aromatic rings. The molecule has 1 saturated heterocycles. The average Bonchev–Trinajstić information content (AvgIpc) is 2.85. The van der Waals surface area contributed by atoms with E-state index in [1.165, 1.54) is 26.2 Å². The van der Waals surface area contributed by atoms with E-state index in [0.717, 1.165) is 12.8 Å². The van der Waals surface area contributed by atoms with Gasteiger partial charge >= 0.3 is 6.03 Å². The fourth-order valence-electron chi connectivity index (χ4n) is 4.14. The Labute approximate surface area is 147 Å². The highest BCUT2D eigenvalue weighted by molar-refractivity contribution is 6.34. The lowest BCUT2D eigenvalue weighted by atomic mass is 9.85. The third-order valence-electron chi connectivity index (χ3n) is 5.11. The third kappa shape index (κ3) is 3.51. The number of fused-ring (bicyclic) bond motifs is 1. The Morgan fingerprint density at radius 2 is 1.96 bits per heavy atom. The summed E-state index contributed by atoms with van der Waals surface area (Å²) in [4.78, 5) is 25.9. The molecule has 0 unspecified atom stereocenters. The second-order valence-corrected chi connectivity index (χ2v) is 7.32. The van der Waals surface area contributed by atoms with Crippen molar-refractivity contribution < 1.29 is 9.59 Å². The topological polar surface area (TPSA) is 61.4 Å². The van der Waals surface area contributed by atoms with Gasteiger partial charge in [-0.2, -0.15) is 0 Å². The molecule has 1 aromatic carbocycles. The molecular formula is C18H24ClN3O2. The Bertz CT molecular complexity index is 649. The Morgan fingerprint density at radius 1 is 1.21 bits per heavy atom. The molecule has 24 heavy (non-hydrogen) atoms. The summed E-state index contributed by atoms with van der Waals surface area (Å²) in [5, 5.41) is 6.04. The van der Waals surface area contributed by atoms with Gasteiger partial charge in [-0.1, -0.05) is 24.4 Å². The van der Waals surface area contributed by atoms with Crippen LogP contribution in [0, 0.1) is 5.92 Å². The standard InChI is InChI=1S/C18H24ClN3O2/c1-11-9-13-5-3-4-6-17(13)22(11)18(24)21-16-8-7-14(10-15(16)19)20-12(2)23/h7-8,10-11,13,17H,3-6,9H2,1-2H3,(H,20,23)(H,21,24)/t11-,13+,17-/m0/s1. The van der Waals surface area contributed by atoms with Crippen molar-refractivity contribution in [2.24, 2.45) is 5.92 Å². The normalized spacial score (nSPS) is 26.0. The molecule has 0 spiro atoms.